The fourth-order valence-electron chi connectivity index (χ4n) is 3.25. The summed E-state index contributed by atoms with van der Waals surface area (Å²) in [6.07, 6.45) is 5.55. The third-order valence-electron chi connectivity index (χ3n) is 3.55. The van der Waals surface area contributed by atoms with E-state index in [1.165, 1.54) is 32.4 Å². The molecular formula is C16H32N2O. The van der Waals surface area contributed by atoms with Crippen LogP contribution >= 0.6 is 0 Å². The number of carbonyl (C=O) groups is 1. The molecule has 1 heterocycles. The van der Waals surface area contributed by atoms with E-state index in [0.717, 1.165) is 13.0 Å². The van der Waals surface area contributed by atoms with E-state index in [-0.39, 0.29) is 16.9 Å². The number of hydrogen-bond donors (Lipinski definition) is 1. The summed E-state index contributed by atoms with van der Waals surface area (Å²) in [7, 11) is 0. The maximum Gasteiger partial charge on any atom is 0.221 e. The maximum atomic E-state index is 12.0. The lowest BCUT2D eigenvalue weighted by atomic mass is 9.82. The Morgan fingerprint density at radius 1 is 1.05 bits per heavy atom. The van der Waals surface area contributed by atoms with Crippen molar-refractivity contribution in [3.8, 4) is 0 Å². The van der Waals surface area contributed by atoms with Crippen LogP contribution < -0.4 is 5.32 Å². The highest BCUT2D eigenvalue weighted by atomic mass is 16.1. The summed E-state index contributed by atoms with van der Waals surface area (Å²) in [5.41, 5.74) is 0.126. The van der Waals surface area contributed by atoms with Crippen molar-refractivity contribution < 1.29 is 4.79 Å². The van der Waals surface area contributed by atoms with Crippen LogP contribution in [0.5, 0.6) is 0 Å². The Morgan fingerprint density at radius 3 is 2.16 bits per heavy atom. The molecule has 1 fully saturated rings. The molecule has 3 heteroatoms. The molecule has 0 unspecified atom stereocenters. The molecule has 0 aliphatic carbocycles. The first kappa shape index (κ1) is 16.5. The van der Waals surface area contributed by atoms with E-state index in [0.29, 0.717) is 6.42 Å². The van der Waals surface area contributed by atoms with E-state index in [2.05, 4.69) is 44.8 Å². The van der Waals surface area contributed by atoms with Gasteiger partial charge in [0.05, 0.1) is 0 Å². The van der Waals surface area contributed by atoms with Gasteiger partial charge in [-0.05, 0) is 51.6 Å². The van der Waals surface area contributed by atoms with Crippen molar-refractivity contribution in [1.82, 2.24) is 10.2 Å². The first-order chi connectivity index (χ1) is 8.68. The standard InChI is InChI=1S/C16H32N2O/c1-15(2,3)13-16(4,5)17-14(19)9-12-18-10-7-6-8-11-18/h6-13H2,1-5H3,(H,17,19). The maximum absolute atomic E-state index is 12.0. The quantitative estimate of drug-likeness (QED) is 0.830. The van der Waals surface area contributed by atoms with Crippen LogP contribution in [0.25, 0.3) is 0 Å². The van der Waals surface area contributed by atoms with Gasteiger partial charge in [0.2, 0.25) is 5.91 Å². The highest BCUT2D eigenvalue weighted by molar-refractivity contribution is 5.76. The fraction of sp³-hybridized carbons (Fsp3) is 0.938. The molecule has 0 atom stereocenters. The molecule has 1 aliphatic rings. The van der Waals surface area contributed by atoms with Gasteiger partial charge in [0.15, 0.2) is 0 Å². The molecule has 0 spiro atoms. The zero-order valence-corrected chi connectivity index (χ0v) is 13.5. The molecule has 112 valence electrons. The molecule has 19 heavy (non-hydrogen) atoms. The zero-order valence-electron chi connectivity index (χ0n) is 13.5. The normalized spacial score (nSPS) is 18.4. The molecule has 0 bridgehead atoms. The third-order valence-corrected chi connectivity index (χ3v) is 3.55. The topological polar surface area (TPSA) is 32.3 Å². The van der Waals surface area contributed by atoms with Crippen molar-refractivity contribution in [3.05, 3.63) is 0 Å². The van der Waals surface area contributed by atoms with Gasteiger partial charge in [-0.15, -0.1) is 0 Å². The lowest BCUT2D eigenvalue weighted by Crippen LogP contribution is -2.46. The molecule has 3 nitrogen and oxygen atoms in total. The number of carbonyl (C=O) groups excluding carboxylic acids is 1. The van der Waals surface area contributed by atoms with Crippen molar-refractivity contribution in [2.24, 2.45) is 5.41 Å². The van der Waals surface area contributed by atoms with Crippen LogP contribution in [0.2, 0.25) is 0 Å². The largest absolute Gasteiger partial charge is 0.351 e. The number of nitrogens with one attached hydrogen (secondary N) is 1. The Morgan fingerprint density at radius 2 is 1.63 bits per heavy atom. The number of piperidine rings is 1. The molecule has 1 rings (SSSR count). The van der Waals surface area contributed by atoms with Crippen LogP contribution in [-0.2, 0) is 4.79 Å². The van der Waals surface area contributed by atoms with Crippen molar-refractivity contribution in [2.45, 2.75) is 72.3 Å². The number of hydrogen-bond acceptors (Lipinski definition) is 2. The van der Waals surface area contributed by atoms with E-state index in [4.69, 9.17) is 0 Å². The van der Waals surface area contributed by atoms with Gasteiger partial charge in [-0.1, -0.05) is 27.2 Å². The number of amides is 1. The zero-order chi connectivity index (χ0) is 14.5. The van der Waals surface area contributed by atoms with Crippen molar-refractivity contribution in [3.63, 3.8) is 0 Å². The summed E-state index contributed by atoms with van der Waals surface area (Å²) in [6, 6.07) is 0. The average Bonchev–Trinajstić information content (AvgIpc) is 2.23. The summed E-state index contributed by atoms with van der Waals surface area (Å²) in [6.45, 7) is 14.1. The molecule has 1 saturated heterocycles. The Bertz CT molecular complexity index is 286. The smallest absolute Gasteiger partial charge is 0.221 e. The van der Waals surface area contributed by atoms with Crippen LogP contribution in [0.3, 0.4) is 0 Å². The summed E-state index contributed by atoms with van der Waals surface area (Å²) in [4.78, 5) is 14.5. The number of nitrogens with zero attached hydrogens (tertiary/aromatic N) is 1. The van der Waals surface area contributed by atoms with Gasteiger partial charge in [0.25, 0.3) is 0 Å². The van der Waals surface area contributed by atoms with E-state index in [9.17, 15) is 4.79 Å². The van der Waals surface area contributed by atoms with Gasteiger partial charge in [0, 0.05) is 18.5 Å². The third kappa shape index (κ3) is 7.56. The molecular weight excluding hydrogens is 236 g/mol. The second-order valence-corrected chi connectivity index (χ2v) is 7.82. The van der Waals surface area contributed by atoms with Gasteiger partial charge in [0.1, 0.15) is 0 Å². The Balaban J connectivity index is 2.29. The van der Waals surface area contributed by atoms with Crippen LogP contribution in [0.1, 0.15) is 66.7 Å². The van der Waals surface area contributed by atoms with Crippen molar-refractivity contribution in [2.75, 3.05) is 19.6 Å². The van der Waals surface area contributed by atoms with Gasteiger partial charge < -0.3 is 10.2 Å². The minimum atomic E-state index is -0.114. The van der Waals surface area contributed by atoms with Gasteiger partial charge in [-0.2, -0.15) is 0 Å². The molecule has 0 saturated carbocycles. The first-order valence-corrected chi connectivity index (χ1v) is 7.71. The number of likely N-dealkylation sites (tertiary alicyclic amines) is 1. The van der Waals surface area contributed by atoms with Crippen LogP contribution in [0.15, 0.2) is 0 Å². The molecule has 0 aromatic rings. The average molecular weight is 268 g/mol. The monoisotopic (exact) mass is 268 g/mol. The van der Waals surface area contributed by atoms with Crippen molar-refractivity contribution in [1.29, 1.82) is 0 Å². The predicted octanol–water partition coefficient (Wildman–Crippen LogP) is 3.19. The first-order valence-electron chi connectivity index (χ1n) is 7.71. The Labute approximate surface area is 119 Å². The molecule has 1 aliphatic heterocycles. The molecule has 0 aromatic heterocycles. The summed E-state index contributed by atoms with van der Waals surface area (Å²) in [5, 5.41) is 3.19. The second-order valence-electron chi connectivity index (χ2n) is 7.82. The lowest BCUT2D eigenvalue weighted by molar-refractivity contribution is -0.123. The Kier molecular flexibility index (Phi) is 5.84. The van der Waals surface area contributed by atoms with Gasteiger partial charge in [-0.3, -0.25) is 4.79 Å². The minimum Gasteiger partial charge on any atom is -0.351 e. The molecule has 0 radical (unpaired) electrons. The van der Waals surface area contributed by atoms with E-state index >= 15 is 0 Å². The molecule has 0 aromatic carbocycles. The summed E-state index contributed by atoms with van der Waals surface area (Å²) in [5.74, 6) is 0.194. The van der Waals surface area contributed by atoms with E-state index in [1.807, 2.05) is 0 Å². The van der Waals surface area contributed by atoms with Crippen LogP contribution in [0.4, 0.5) is 0 Å². The van der Waals surface area contributed by atoms with Crippen molar-refractivity contribution >= 4 is 5.91 Å². The van der Waals surface area contributed by atoms with Crippen LogP contribution in [0, 0.1) is 5.41 Å². The summed E-state index contributed by atoms with van der Waals surface area (Å²) >= 11 is 0. The van der Waals surface area contributed by atoms with E-state index in [1.54, 1.807) is 0 Å². The summed E-state index contributed by atoms with van der Waals surface area (Å²) < 4.78 is 0. The van der Waals surface area contributed by atoms with Crippen LogP contribution in [-0.4, -0.2) is 36.0 Å². The predicted molar refractivity (Wildman–Crippen MR) is 81.2 cm³/mol. The number of rotatable bonds is 5. The SMILES string of the molecule is CC(C)(C)CC(C)(C)NC(=O)CCN1CCCCC1. The lowest BCUT2D eigenvalue weighted by Gasteiger charge is -2.34. The molecule has 1 amide bonds. The molecule has 1 N–H and O–H groups in total. The van der Waals surface area contributed by atoms with Gasteiger partial charge >= 0.3 is 0 Å². The second kappa shape index (κ2) is 6.74. The highest BCUT2D eigenvalue weighted by Gasteiger charge is 2.26. The van der Waals surface area contributed by atoms with Gasteiger partial charge in [-0.25, -0.2) is 0 Å². The van der Waals surface area contributed by atoms with E-state index < -0.39 is 0 Å². The highest BCUT2D eigenvalue weighted by Crippen LogP contribution is 2.26. The fourth-order valence-corrected chi connectivity index (χ4v) is 3.25. The Hall–Kier alpha value is -0.570. The minimum absolute atomic E-state index is 0.114.